The zero-order valence-electron chi connectivity index (χ0n) is 9.60. The Balaban J connectivity index is 2.19. The van der Waals surface area contributed by atoms with Crippen LogP contribution in [0.15, 0.2) is 34.8 Å². The van der Waals surface area contributed by atoms with Gasteiger partial charge in [-0.2, -0.15) is 0 Å². The van der Waals surface area contributed by atoms with Crippen LogP contribution in [-0.4, -0.2) is 22.9 Å². The Kier molecular flexibility index (Phi) is 4.17. The molecule has 2 N–H and O–H groups in total. The summed E-state index contributed by atoms with van der Waals surface area (Å²) in [5.74, 6) is 0. The van der Waals surface area contributed by atoms with Gasteiger partial charge in [-0.05, 0) is 28.8 Å². The summed E-state index contributed by atoms with van der Waals surface area (Å²) in [6, 6.07) is 7.60. The van der Waals surface area contributed by atoms with Gasteiger partial charge in [0.2, 0.25) is 0 Å². The molecule has 2 aromatic rings. The Hall–Kier alpha value is -1.59. The highest BCUT2D eigenvalue weighted by atomic mass is 32.1. The molecule has 1 aromatic heterocycles. The van der Waals surface area contributed by atoms with Crippen LogP contribution in [0, 0.1) is 0 Å². The number of thiophene rings is 1. The normalized spacial score (nSPS) is 14.1. The van der Waals surface area contributed by atoms with Gasteiger partial charge in [-0.1, -0.05) is 23.3 Å². The first-order valence-electron chi connectivity index (χ1n) is 5.57. The van der Waals surface area contributed by atoms with Crippen LogP contribution in [0.1, 0.15) is 18.1 Å². The van der Waals surface area contributed by atoms with E-state index in [4.69, 9.17) is 5.53 Å². The molecule has 0 aliphatic carbocycles. The third kappa shape index (κ3) is 2.63. The molecule has 0 spiro atoms. The van der Waals surface area contributed by atoms with Crippen LogP contribution in [0.5, 0.6) is 0 Å². The van der Waals surface area contributed by atoms with Gasteiger partial charge in [-0.15, -0.1) is 11.3 Å². The van der Waals surface area contributed by atoms with Gasteiger partial charge >= 0.3 is 0 Å². The first kappa shape index (κ1) is 12.9. The summed E-state index contributed by atoms with van der Waals surface area (Å²) in [6.07, 6.45) is -1.64. The molecule has 2 rings (SSSR count). The van der Waals surface area contributed by atoms with Crippen molar-refractivity contribution in [2.45, 2.75) is 18.6 Å². The van der Waals surface area contributed by atoms with E-state index in [1.165, 1.54) is 11.3 Å². The number of rotatable bonds is 5. The van der Waals surface area contributed by atoms with Crippen LogP contribution < -0.4 is 0 Å². The summed E-state index contributed by atoms with van der Waals surface area (Å²) in [5.41, 5.74) is 8.88. The fraction of sp³-hybridized carbons (Fsp3) is 0.333. The van der Waals surface area contributed by atoms with Crippen molar-refractivity contribution < 1.29 is 10.2 Å². The van der Waals surface area contributed by atoms with E-state index in [1.807, 2.05) is 23.6 Å². The molecule has 0 saturated carbocycles. The molecule has 0 radical (unpaired) electrons. The van der Waals surface area contributed by atoms with Gasteiger partial charge in [0.05, 0.1) is 6.10 Å². The molecule has 0 saturated heterocycles. The molecule has 0 bridgehead atoms. The number of aliphatic hydroxyl groups excluding tert-OH is 2. The summed E-state index contributed by atoms with van der Waals surface area (Å²) in [5, 5.41) is 26.4. The van der Waals surface area contributed by atoms with Crippen molar-refractivity contribution in [1.82, 2.24) is 0 Å². The molecule has 0 aliphatic rings. The van der Waals surface area contributed by atoms with Crippen LogP contribution in [-0.2, 0) is 0 Å². The van der Waals surface area contributed by atoms with Crippen LogP contribution in [0.4, 0.5) is 0 Å². The first-order chi connectivity index (χ1) is 8.74. The Morgan fingerprint density at radius 1 is 1.33 bits per heavy atom. The van der Waals surface area contributed by atoms with Gasteiger partial charge in [0, 0.05) is 21.7 Å². The quantitative estimate of drug-likeness (QED) is 0.493. The highest BCUT2D eigenvalue weighted by Crippen LogP contribution is 2.31. The molecule has 18 heavy (non-hydrogen) atoms. The number of aliphatic hydroxyl groups is 2. The van der Waals surface area contributed by atoms with Crippen molar-refractivity contribution in [3.63, 3.8) is 0 Å². The van der Waals surface area contributed by atoms with Crippen LogP contribution >= 0.6 is 11.3 Å². The van der Waals surface area contributed by atoms with Gasteiger partial charge in [0.1, 0.15) is 6.10 Å². The smallest absolute Gasteiger partial charge is 0.106 e. The van der Waals surface area contributed by atoms with E-state index in [0.29, 0.717) is 0 Å². The van der Waals surface area contributed by atoms with E-state index in [9.17, 15) is 10.2 Å². The van der Waals surface area contributed by atoms with Gasteiger partial charge in [-0.3, -0.25) is 0 Å². The molecule has 5 nitrogen and oxygen atoms in total. The Morgan fingerprint density at radius 2 is 2.17 bits per heavy atom. The van der Waals surface area contributed by atoms with Gasteiger partial charge in [0.25, 0.3) is 0 Å². The number of nitrogens with zero attached hydrogens (tertiary/aromatic N) is 3. The molecule has 6 heteroatoms. The average Bonchev–Trinajstić information content (AvgIpc) is 2.86. The predicted octanol–water partition coefficient (Wildman–Crippen LogP) is 3.00. The molecule has 0 aliphatic heterocycles. The monoisotopic (exact) mass is 263 g/mol. The van der Waals surface area contributed by atoms with Gasteiger partial charge in [-0.25, -0.2) is 0 Å². The second-order valence-corrected chi connectivity index (χ2v) is 4.86. The molecular formula is C12H13N3O2S. The van der Waals surface area contributed by atoms with Crippen molar-refractivity contribution in [3.8, 4) is 0 Å². The second kappa shape index (κ2) is 5.84. The average molecular weight is 263 g/mol. The van der Waals surface area contributed by atoms with Crippen molar-refractivity contribution in [2.24, 2.45) is 5.11 Å². The molecule has 94 valence electrons. The Bertz CT molecular complexity index is 577. The lowest BCUT2D eigenvalue weighted by Gasteiger charge is -2.18. The maximum absolute atomic E-state index is 10.1. The Labute approximate surface area is 108 Å². The summed E-state index contributed by atoms with van der Waals surface area (Å²) in [4.78, 5) is 2.62. The molecule has 1 aromatic carbocycles. The molecular weight excluding hydrogens is 250 g/mol. The predicted molar refractivity (Wildman–Crippen MR) is 71.4 cm³/mol. The van der Waals surface area contributed by atoms with Crippen molar-refractivity contribution in [1.29, 1.82) is 0 Å². The van der Waals surface area contributed by atoms with Crippen LogP contribution in [0.2, 0.25) is 0 Å². The third-order valence-corrected chi connectivity index (χ3v) is 3.76. The molecule has 1 heterocycles. The van der Waals surface area contributed by atoms with Crippen LogP contribution in [0.3, 0.4) is 0 Å². The van der Waals surface area contributed by atoms with Crippen molar-refractivity contribution in [2.75, 3.05) is 6.54 Å². The zero-order valence-corrected chi connectivity index (χ0v) is 10.4. The third-order valence-electron chi connectivity index (χ3n) is 2.78. The van der Waals surface area contributed by atoms with E-state index >= 15 is 0 Å². The number of benzene rings is 1. The van der Waals surface area contributed by atoms with Gasteiger partial charge < -0.3 is 10.2 Å². The number of hydrogen-bond donors (Lipinski definition) is 2. The van der Waals surface area contributed by atoms with E-state index in [-0.39, 0.29) is 13.0 Å². The maximum atomic E-state index is 10.1. The lowest BCUT2D eigenvalue weighted by Crippen LogP contribution is -2.19. The fourth-order valence-corrected chi connectivity index (χ4v) is 2.80. The standard InChI is InChI=1S/C12H13N3O2S/c13-15-14-6-4-10(16)11(17)9-3-1-2-8-5-7-18-12(8)9/h1-3,5,7,10-11,16-17H,4,6H2. The van der Waals surface area contributed by atoms with E-state index in [0.717, 1.165) is 15.6 Å². The minimum atomic E-state index is -0.957. The highest BCUT2D eigenvalue weighted by molar-refractivity contribution is 7.17. The number of azide groups is 1. The molecule has 2 atom stereocenters. The number of hydrogen-bond acceptors (Lipinski definition) is 4. The summed E-state index contributed by atoms with van der Waals surface area (Å²) in [7, 11) is 0. The van der Waals surface area contributed by atoms with Gasteiger partial charge in [0.15, 0.2) is 0 Å². The topological polar surface area (TPSA) is 89.2 Å². The summed E-state index contributed by atoms with van der Waals surface area (Å²) >= 11 is 1.53. The lowest BCUT2D eigenvalue weighted by molar-refractivity contribution is 0.0160. The molecule has 2 unspecified atom stereocenters. The molecule has 0 amide bonds. The first-order valence-corrected chi connectivity index (χ1v) is 6.45. The van der Waals surface area contributed by atoms with E-state index < -0.39 is 12.2 Å². The SMILES string of the molecule is [N-]=[N+]=NCCC(O)C(O)c1cccc2ccsc12. The van der Waals surface area contributed by atoms with Crippen molar-refractivity contribution >= 4 is 21.4 Å². The van der Waals surface area contributed by atoms with Crippen LogP contribution in [0.25, 0.3) is 20.5 Å². The minimum absolute atomic E-state index is 0.176. The largest absolute Gasteiger partial charge is 0.390 e. The zero-order chi connectivity index (χ0) is 13.0. The van der Waals surface area contributed by atoms with E-state index in [1.54, 1.807) is 6.07 Å². The molecule has 0 fully saturated rings. The highest BCUT2D eigenvalue weighted by Gasteiger charge is 2.20. The fourth-order valence-electron chi connectivity index (χ4n) is 1.85. The maximum Gasteiger partial charge on any atom is 0.106 e. The van der Waals surface area contributed by atoms with E-state index in [2.05, 4.69) is 10.0 Å². The Morgan fingerprint density at radius 3 is 2.94 bits per heavy atom. The summed E-state index contributed by atoms with van der Waals surface area (Å²) in [6.45, 7) is 0.176. The minimum Gasteiger partial charge on any atom is -0.390 e. The van der Waals surface area contributed by atoms with Crippen molar-refractivity contribution in [3.05, 3.63) is 45.7 Å². The number of fused-ring (bicyclic) bond motifs is 1. The second-order valence-electron chi connectivity index (χ2n) is 3.94. The lowest BCUT2D eigenvalue weighted by atomic mass is 10.0. The summed E-state index contributed by atoms with van der Waals surface area (Å²) < 4.78 is 0.979.